The predicted molar refractivity (Wildman–Crippen MR) is 83.0 cm³/mol. The fourth-order valence-corrected chi connectivity index (χ4v) is 2.50. The van der Waals surface area contributed by atoms with Gasteiger partial charge in [0.15, 0.2) is 0 Å². The van der Waals surface area contributed by atoms with Gasteiger partial charge in [-0.05, 0) is 49.2 Å². The van der Waals surface area contributed by atoms with Crippen LogP contribution in [0.4, 0.5) is 0 Å². The summed E-state index contributed by atoms with van der Waals surface area (Å²) in [6.45, 7) is 1.99. The lowest BCUT2D eigenvalue weighted by Gasteiger charge is -2.10. The van der Waals surface area contributed by atoms with Crippen LogP contribution in [0.25, 0.3) is 0 Å². The fraction of sp³-hybridized carbons (Fsp3) is 0.200. The third-order valence-corrected chi connectivity index (χ3v) is 3.37. The van der Waals surface area contributed by atoms with Crippen LogP contribution in [0.3, 0.4) is 0 Å². The average Bonchev–Trinajstić information content (AvgIpc) is 2.32. The van der Waals surface area contributed by atoms with E-state index in [0.717, 1.165) is 22.2 Å². The maximum Gasteiger partial charge on any atom is 0.146 e. The first kappa shape index (κ1) is 14.4. The highest BCUT2D eigenvalue weighted by molar-refractivity contribution is 9.10. The van der Waals surface area contributed by atoms with E-state index in [1.54, 1.807) is 0 Å². The van der Waals surface area contributed by atoms with Gasteiger partial charge in [-0.2, -0.15) is 0 Å². The van der Waals surface area contributed by atoms with Gasteiger partial charge in [-0.15, -0.1) is 0 Å². The molecule has 2 rings (SSSR count). The first-order chi connectivity index (χ1) is 9.04. The third kappa shape index (κ3) is 4.23. The van der Waals surface area contributed by atoms with Crippen LogP contribution in [-0.4, -0.2) is 6.04 Å². The SMILES string of the molecule is CC(N)Cc1cccc(Oc2ccc(Br)cc2Cl)c1. The van der Waals surface area contributed by atoms with Crippen molar-refractivity contribution in [2.75, 3.05) is 0 Å². The van der Waals surface area contributed by atoms with Crippen molar-refractivity contribution in [2.45, 2.75) is 19.4 Å². The number of benzene rings is 2. The molecule has 0 radical (unpaired) electrons. The molecule has 0 aliphatic rings. The van der Waals surface area contributed by atoms with Crippen LogP contribution in [0.1, 0.15) is 12.5 Å². The molecule has 2 aromatic carbocycles. The molecule has 0 saturated heterocycles. The van der Waals surface area contributed by atoms with Crippen molar-refractivity contribution in [1.82, 2.24) is 0 Å². The van der Waals surface area contributed by atoms with Crippen molar-refractivity contribution in [3.8, 4) is 11.5 Å². The first-order valence-corrected chi connectivity index (χ1v) is 7.19. The molecular weight excluding hydrogens is 326 g/mol. The van der Waals surface area contributed by atoms with Gasteiger partial charge in [-0.1, -0.05) is 39.7 Å². The third-order valence-electron chi connectivity index (χ3n) is 2.58. The molecule has 19 heavy (non-hydrogen) atoms. The summed E-state index contributed by atoms with van der Waals surface area (Å²) < 4.78 is 6.72. The molecule has 2 N–H and O–H groups in total. The maximum absolute atomic E-state index is 6.13. The smallest absolute Gasteiger partial charge is 0.146 e. The lowest BCUT2D eigenvalue weighted by Crippen LogP contribution is -2.17. The monoisotopic (exact) mass is 339 g/mol. The predicted octanol–water partition coefficient (Wildman–Crippen LogP) is 4.78. The molecule has 2 nitrogen and oxygen atoms in total. The zero-order valence-electron chi connectivity index (χ0n) is 10.6. The van der Waals surface area contributed by atoms with Crippen LogP contribution in [0.2, 0.25) is 5.02 Å². The zero-order valence-corrected chi connectivity index (χ0v) is 12.9. The molecule has 0 aromatic heterocycles. The van der Waals surface area contributed by atoms with Crippen LogP contribution < -0.4 is 10.5 Å². The highest BCUT2D eigenvalue weighted by Gasteiger charge is 2.05. The van der Waals surface area contributed by atoms with E-state index in [4.69, 9.17) is 22.1 Å². The Morgan fingerprint density at radius 2 is 2.05 bits per heavy atom. The Balaban J connectivity index is 2.18. The molecule has 0 amide bonds. The van der Waals surface area contributed by atoms with Crippen molar-refractivity contribution in [3.63, 3.8) is 0 Å². The number of halogens is 2. The number of rotatable bonds is 4. The van der Waals surface area contributed by atoms with Gasteiger partial charge in [-0.25, -0.2) is 0 Å². The average molecular weight is 341 g/mol. The van der Waals surface area contributed by atoms with E-state index in [-0.39, 0.29) is 6.04 Å². The molecule has 0 aliphatic heterocycles. The molecule has 2 aromatic rings. The Bertz CT molecular complexity index is 572. The van der Waals surface area contributed by atoms with Crippen LogP contribution in [0, 0.1) is 0 Å². The van der Waals surface area contributed by atoms with E-state index in [1.807, 2.05) is 49.4 Å². The van der Waals surface area contributed by atoms with E-state index < -0.39 is 0 Å². The van der Waals surface area contributed by atoms with Gasteiger partial charge >= 0.3 is 0 Å². The standard InChI is InChI=1S/C15H15BrClNO/c1-10(18)7-11-3-2-4-13(8-11)19-15-6-5-12(16)9-14(15)17/h2-6,8-10H,7,18H2,1H3. The molecular formula is C15H15BrClNO. The molecule has 0 spiro atoms. The van der Waals surface area contributed by atoms with Crippen molar-refractivity contribution >= 4 is 27.5 Å². The molecule has 0 saturated carbocycles. The molecule has 0 bridgehead atoms. The van der Waals surface area contributed by atoms with Crippen molar-refractivity contribution < 1.29 is 4.74 Å². The minimum absolute atomic E-state index is 0.131. The lowest BCUT2D eigenvalue weighted by atomic mass is 10.1. The van der Waals surface area contributed by atoms with E-state index in [9.17, 15) is 0 Å². The molecule has 4 heteroatoms. The van der Waals surface area contributed by atoms with E-state index in [0.29, 0.717) is 10.8 Å². The van der Waals surface area contributed by atoms with E-state index in [2.05, 4.69) is 15.9 Å². The second kappa shape index (κ2) is 6.42. The van der Waals surface area contributed by atoms with Crippen LogP contribution in [-0.2, 0) is 6.42 Å². The Labute approximate surface area is 126 Å². The summed E-state index contributed by atoms with van der Waals surface area (Å²) in [6.07, 6.45) is 0.825. The molecule has 100 valence electrons. The number of hydrogen-bond donors (Lipinski definition) is 1. The molecule has 1 unspecified atom stereocenters. The van der Waals surface area contributed by atoms with Crippen molar-refractivity contribution in [2.24, 2.45) is 5.73 Å². The van der Waals surface area contributed by atoms with E-state index >= 15 is 0 Å². The van der Waals surface area contributed by atoms with Crippen LogP contribution >= 0.6 is 27.5 Å². The summed E-state index contributed by atoms with van der Waals surface area (Å²) in [5.41, 5.74) is 6.95. The van der Waals surface area contributed by atoms with Crippen molar-refractivity contribution in [3.05, 3.63) is 57.5 Å². The fourth-order valence-electron chi connectivity index (χ4n) is 1.79. The van der Waals surface area contributed by atoms with Crippen LogP contribution in [0.15, 0.2) is 46.9 Å². The number of nitrogens with two attached hydrogens (primary N) is 1. The van der Waals surface area contributed by atoms with Gasteiger partial charge in [-0.3, -0.25) is 0 Å². The lowest BCUT2D eigenvalue weighted by molar-refractivity contribution is 0.482. The second-order valence-corrected chi connectivity index (χ2v) is 5.83. The highest BCUT2D eigenvalue weighted by Crippen LogP contribution is 2.31. The Hall–Kier alpha value is -1.03. The molecule has 0 aliphatic carbocycles. The quantitative estimate of drug-likeness (QED) is 0.869. The Morgan fingerprint density at radius 1 is 1.26 bits per heavy atom. The summed E-state index contributed by atoms with van der Waals surface area (Å²) in [5.74, 6) is 1.41. The minimum atomic E-state index is 0.131. The van der Waals surface area contributed by atoms with Crippen molar-refractivity contribution in [1.29, 1.82) is 0 Å². The van der Waals surface area contributed by atoms with Gasteiger partial charge in [0.2, 0.25) is 0 Å². The normalized spacial score (nSPS) is 12.2. The van der Waals surface area contributed by atoms with Gasteiger partial charge in [0.25, 0.3) is 0 Å². The molecule has 0 heterocycles. The molecule has 0 fully saturated rings. The number of ether oxygens (including phenoxy) is 1. The second-order valence-electron chi connectivity index (χ2n) is 4.51. The van der Waals surface area contributed by atoms with Gasteiger partial charge in [0, 0.05) is 10.5 Å². The van der Waals surface area contributed by atoms with Gasteiger partial charge < -0.3 is 10.5 Å². The Morgan fingerprint density at radius 3 is 2.74 bits per heavy atom. The zero-order chi connectivity index (χ0) is 13.8. The largest absolute Gasteiger partial charge is 0.456 e. The first-order valence-electron chi connectivity index (χ1n) is 6.02. The maximum atomic E-state index is 6.13. The van der Waals surface area contributed by atoms with Gasteiger partial charge in [0.05, 0.1) is 5.02 Å². The van der Waals surface area contributed by atoms with Crippen LogP contribution in [0.5, 0.6) is 11.5 Å². The summed E-state index contributed by atoms with van der Waals surface area (Å²) in [4.78, 5) is 0. The summed E-state index contributed by atoms with van der Waals surface area (Å²) >= 11 is 9.50. The van der Waals surface area contributed by atoms with E-state index in [1.165, 1.54) is 0 Å². The summed E-state index contributed by atoms with van der Waals surface area (Å²) in [6, 6.07) is 13.6. The minimum Gasteiger partial charge on any atom is -0.456 e. The molecule has 1 atom stereocenters. The number of hydrogen-bond acceptors (Lipinski definition) is 2. The summed E-state index contributed by atoms with van der Waals surface area (Å²) in [7, 11) is 0. The summed E-state index contributed by atoms with van der Waals surface area (Å²) in [5, 5.41) is 0.576. The Kier molecular flexibility index (Phi) is 4.86. The van der Waals surface area contributed by atoms with Gasteiger partial charge in [0.1, 0.15) is 11.5 Å². The highest BCUT2D eigenvalue weighted by atomic mass is 79.9. The topological polar surface area (TPSA) is 35.2 Å².